The molecule has 1 amide bonds. The molecule has 0 saturated carbocycles. The Morgan fingerprint density at radius 2 is 2.21 bits per heavy atom. The molecule has 0 heterocycles. The van der Waals surface area contributed by atoms with E-state index in [4.69, 9.17) is 0 Å². The topological polar surface area (TPSA) is 49.3 Å². The Morgan fingerprint density at radius 1 is 1.36 bits per heavy atom. The summed E-state index contributed by atoms with van der Waals surface area (Å²) in [7, 11) is 0. The molecule has 0 unspecified atom stereocenters. The molecule has 1 aromatic rings. The van der Waals surface area contributed by atoms with Gasteiger partial charge in [-0.25, -0.2) is 0 Å². The molecule has 72 valence electrons. The summed E-state index contributed by atoms with van der Waals surface area (Å²) in [6.45, 7) is 0. The molecule has 0 radical (unpaired) electrons. The number of aryl methyl sites for hydroxylation is 1. The van der Waals surface area contributed by atoms with Gasteiger partial charge in [0.25, 0.3) is 0 Å². The molecule has 2 rings (SSSR count). The number of amides is 1. The highest BCUT2D eigenvalue weighted by Crippen LogP contribution is 2.25. The summed E-state index contributed by atoms with van der Waals surface area (Å²) in [4.78, 5) is 10.3. The van der Waals surface area contributed by atoms with Crippen molar-refractivity contribution in [2.24, 2.45) is 0 Å². The Bertz CT molecular complexity index is 396. The minimum Gasteiger partial charge on any atom is -0.508 e. The second-order valence-corrected chi connectivity index (χ2v) is 3.31. The van der Waals surface area contributed by atoms with Crippen LogP contribution in [0, 0.1) is 0 Å². The van der Waals surface area contributed by atoms with Crippen molar-refractivity contribution in [1.29, 1.82) is 0 Å². The zero-order valence-corrected chi connectivity index (χ0v) is 7.66. The predicted molar refractivity (Wildman–Crippen MR) is 53.6 cm³/mol. The smallest absolute Gasteiger partial charge is 0.211 e. The Balaban J connectivity index is 2.36. The second kappa shape index (κ2) is 3.54. The summed E-state index contributed by atoms with van der Waals surface area (Å²) < 4.78 is 0. The van der Waals surface area contributed by atoms with Gasteiger partial charge in [-0.2, -0.15) is 0 Å². The van der Waals surface area contributed by atoms with Crippen LogP contribution in [-0.4, -0.2) is 11.5 Å². The van der Waals surface area contributed by atoms with Crippen molar-refractivity contribution in [1.82, 2.24) is 5.32 Å². The SMILES string of the molecule is O=CNC1=Cc2cc(O)ccc2CC1. The third kappa shape index (κ3) is 1.62. The molecule has 1 aliphatic carbocycles. The monoisotopic (exact) mass is 189 g/mol. The first-order chi connectivity index (χ1) is 6.79. The number of hydrogen-bond acceptors (Lipinski definition) is 2. The molecule has 0 atom stereocenters. The molecule has 1 aliphatic rings. The van der Waals surface area contributed by atoms with E-state index in [-0.39, 0.29) is 5.75 Å². The molecule has 3 nitrogen and oxygen atoms in total. The molecule has 0 aliphatic heterocycles. The molecular formula is C11H11NO2. The van der Waals surface area contributed by atoms with Gasteiger partial charge >= 0.3 is 0 Å². The maximum absolute atomic E-state index is 10.3. The fraction of sp³-hybridized carbons (Fsp3) is 0.182. The van der Waals surface area contributed by atoms with Crippen molar-refractivity contribution < 1.29 is 9.90 Å². The molecule has 0 bridgehead atoms. The van der Waals surface area contributed by atoms with Gasteiger partial charge in [-0.15, -0.1) is 0 Å². The van der Waals surface area contributed by atoms with Crippen LogP contribution in [0.5, 0.6) is 5.75 Å². The Kier molecular flexibility index (Phi) is 2.23. The van der Waals surface area contributed by atoms with E-state index in [0.717, 1.165) is 24.1 Å². The lowest BCUT2D eigenvalue weighted by atomic mass is 9.95. The van der Waals surface area contributed by atoms with Gasteiger partial charge in [0.15, 0.2) is 0 Å². The second-order valence-electron chi connectivity index (χ2n) is 3.31. The number of nitrogens with one attached hydrogen (secondary N) is 1. The number of carbonyl (C=O) groups excluding carboxylic acids is 1. The lowest BCUT2D eigenvalue weighted by molar-refractivity contribution is -0.108. The van der Waals surface area contributed by atoms with E-state index < -0.39 is 0 Å². The average Bonchev–Trinajstić information content (AvgIpc) is 2.17. The first-order valence-electron chi connectivity index (χ1n) is 4.52. The van der Waals surface area contributed by atoms with Crippen LogP contribution in [0.2, 0.25) is 0 Å². The first kappa shape index (κ1) is 8.81. The van der Waals surface area contributed by atoms with E-state index >= 15 is 0 Å². The van der Waals surface area contributed by atoms with Crippen molar-refractivity contribution in [2.45, 2.75) is 12.8 Å². The molecule has 0 fully saturated rings. The van der Waals surface area contributed by atoms with E-state index in [9.17, 15) is 9.90 Å². The van der Waals surface area contributed by atoms with Crippen LogP contribution in [-0.2, 0) is 11.2 Å². The van der Waals surface area contributed by atoms with Crippen molar-refractivity contribution >= 4 is 12.5 Å². The molecule has 0 spiro atoms. The number of fused-ring (bicyclic) bond motifs is 1. The molecule has 3 heteroatoms. The van der Waals surface area contributed by atoms with E-state index in [0.29, 0.717) is 6.41 Å². The lowest BCUT2D eigenvalue weighted by Crippen LogP contribution is -2.13. The molecule has 0 saturated heterocycles. The minimum atomic E-state index is 0.257. The number of carbonyl (C=O) groups is 1. The standard InChI is InChI=1S/C11H11NO2/c13-7-12-10-3-1-8-2-4-11(14)6-9(8)5-10/h2,4-7,14H,1,3H2,(H,12,13). The van der Waals surface area contributed by atoms with E-state index in [2.05, 4.69) is 5.32 Å². The van der Waals surface area contributed by atoms with Gasteiger partial charge in [-0.05, 0) is 42.2 Å². The highest BCUT2D eigenvalue weighted by Gasteiger charge is 2.09. The normalized spacial score (nSPS) is 14.1. The Labute approximate surface area is 82.1 Å². The number of benzene rings is 1. The van der Waals surface area contributed by atoms with Gasteiger partial charge in [-0.3, -0.25) is 4.79 Å². The zero-order valence-electron chi connectivity index (χ0n) is 7.66. The molecule has 14 heavy (non-hydrogen) atoms. The van der Waals surface area contributed by atoms with Crippen LogP contribution in [0.1, 0.15) is 17.5 Å². The van der Waals surface area contributed by atoms with Crippen molar-refractivity contribution in [3.8, 4) is 5.75 Å². The van der Waals surface area contributed by atoms with Gasteiger partial charge in [-0.1, -0.05) is 6.07 Å². The van der Waals surface area contributed by atoms with Gasteiger partial charge in [0.2, 0.25) is 6.41 Å². The minimum absolute atomic E-state index is 0.257. The van der Waals surface area contributed by atoms with Crippen LogP contribution >= 0.6 is 0 Å². The van der Waals surface area contributed by atoms with E-state index in [1.54, 1.807) is 12.1 Å². The number of phenolic OH excluding ortho intramolecular Hbond substituents is 1. The maximum atomic E-state index is 10.3. The molecular weight excluding hydrogens is 178 g/mol. The number of hydrogen-bond donors (Lipinski definition) is 2. The summed E-state index contributed by atoms with van der Waals surface area (Å²) in [5.74, 6) is 0.257. The number of phenols is 1. The third-order valence-corrected chi connectivity index (χ3v) is 2.37. The van der Waals surface area contributed by atoms with Crippen LogP contribution < -0.4 is 5.32 Å². The Morgan fingerprint density at radius 3 is 3.00 bits per heavy atom. The van der Waals surface area contributed by atoms with Crippen molar-refractivity contribution in [3.05, 3.63) is 35.0 Å². The van der Waals surface area contributed by atoms with E-state index in [1.165, 1.54) is 5.56 Å². The number of rotatable bonds is 2. The number of allylic oxidation sites excluding steroid dienone is 1. The quantitative estimate of drug-likeness (QED) is 0.691. The van der Waals surface area contributed by atoms with Crippen molar-refractivity contribution in [3.63, 3.8) is 0 Å². The summed E-state index contributed by atoms with van der Waals surface area (Å²) in [5.41, 5.74) is 3.10. The lowest BCUT2D eigenvalue weighted by Gasteiger charge is -2.15. The number of aromatic hydroxyl groups is 1. The summed E-state index contributed by atoms with van der Waals surface area (Å²) >= 11 is 0. The highest BCUT2D eigenvalue weighted by atomic mass is 16.3. The van der Waals surface area contributed by atoms with Crippen LogP contribution in [0.25, 0.3) is 6.08 Å². The van der Waals surface area contributed by atoms with Crippen LogP contribution in [0.4, 0.5) is 0 Å². The average molecular weight is 189 g/mol. The summed E-state index contributed by atoms with van der Waals surface area (Å²) in [6.07, 6.45) is 4.32. The van der Waals surface area contributed by atoms with E-state index in [1.807, 2.05) is 12.1 Å². The first-order valence-corrected chi connectivity index (χ1v) is 4.52. The fourth-order valence-corrected chi connectivity index (χ4v) is 1.66. The highest BCUT2D eigenvalue weighted by molar-refractivity contribution is 5.64. The third-order valence-electron chi connectivity index (χ3n) is 2.37. The fourth-order valence-electron chi connectivity index (χ4n) is 1.66. The summed E-state index contributed by atoms with van der Waals surface area (Å²) in [6, 6.07) is 5.31. The van der Waals surface area contributed by atoms with Gasteiger partial charge in [0.1, 0.15) is 5.75 Å². The summed E-state index contributed by atoms with van der Waals surface area (Å²) in [5, 5.41) is 11.9. The van der Waals surface area contributed by atoms with Gasteiger partial charge in [0, 0.05) is 5.70 Å². The van der Waals surface area contributed by atoms with Crippen LogP contribution in [0.3, 0.4) is 0 Å². The molecule has 1 aromatic carbocycles. The van der Waals surface area contributed by atoms with Crippen LogP contribution in [0.15, 0.2) is 23.9 Å². The molecule has 2 N–H and O–H groups in total. The molecule has 0 aromatic heterocycles. The van der Waals surface area contributed by atoms with Crippen molar-refractivity contribution in [2.75, 3.05) is 0 Å². The van der Waals surface area contributed by atoms with Gasteiger partial charge < -0.3 is 10.4 Å². The predicted octanol–water partition coefficient (Wildman–Crippen LogP) is 1.43. The van der Waals surface area contributed by atoms with Gasteiger partial charge in [0.05, 0.1) is 0 Å². The Hall–Kier alpha value is -1.77. The zero-order chi connectivity index (χ0) is 9.97. The maximum Gasteiger partial charge on any atom is 0.211 e. The largest absolute Gasteiger partial charge is 0.508 e.